The van der Waals surface area contributed by atoms with Gasteiger partial charge in [0.15, 0.2) is 5.76 Å². The average Bonchev–Trinajstić information content (AvgIpc) is 2.69. The summed E-state index contributed by atoms with van der Waals surface area (Å²) in [6, 6.07) is 9.49. The van der Waals surface area contributed by atoms with Gasteiger partial charge in [0.25, 0.3) is 0 Å². The van der Waals surface area contributed by atoms with Gasteiger partial charge in [0.2, 0.25) is 5.78 Å². The predicted molar refractivity (Wildman–Crippen MR) is 68.1 cm³/mol. The van der Waals surface area contributed by atoms with Crippen molar-refractivity contribution in [2.45, 2.75) is 19.1 Å². The Morgan fingerprint density at radius 1 is 1.38 bits per heavy atom. The van der Waals surface area contributed by atoms with Crippen molar-refractivity contribution in [2.24, 2.45) is 0 Å². The molecule has 2 nitrogen and oxygen atoms in total. The Morgan fingerprint density at radius 3 is 2.81 bits per heavy atom. The number of para-hydroxylation sites is 1. The van der Waals surface area contributed by atoms with Crippen LogP contribution in [0, 0.1) is 0 Å². The molecule has 1 aromatic carbocycles. The van der Waals surface area contributed by atoms with Gasteiger partial charge in [-0.2, -0.15) is 11.8 Å². The van der Waals surface area contributed by atoms with Crippen molar-refractivity contribution in [1.82, 2.24) is 0 Å². The van der Waals surface area contributed by atoms with Crippen LogP contribution in [0.25, 0.3) is 11.0 Å². The van der Waals surface area contributed by atoms with Crippen LogP contribution in [-0.2, 0) is 0 Å². The van der Waals surface area contributed by atoms with Crippen LogP contribution >= 0.6 is 11.8 Å². The van der Waals surface area contributed by atoms with Gasteiger partial charge in [-0.3, -0.25) is 4.79 Å². The molecule has 0 aliphatic heterocycles. The molecule has 2 rings (SSSR count). The first kappa shape index (κ1) is 11.3. The number of ketones is 1. The minimum atomic E-state index is 0.0647. The van der Waals surface area contributed by atoms with Crippen molar-refractivity contribution >= 4 is 28.5 Å². The zero-order valence-electron chi connectivity index (χ0n) is 9.40. The highest BCUT2D eigenvalue weighted by Gasteiger charge is 2.12. The van der Waals surface area contributed by atoms with Crippen LogP contribution < -0.4 is 0 Å². The molecule has 3 heteroatoms. The summed E-state index contributed by atoms with van der Waals surface area (Å²) in [7, 11) is 0. The highest BCUT2D eigenvalue weighted by molar-refractivity contribution is 8.00. The molecule has 0 atom stereocenters. The van der Waals surface area contributed by atoms with E-state index in [1.807, 2.05) is 30.3 Å². The summed E-state index contributed by atoms with van der Waals surface area (Å²) in [6.07, 6.45) is 0. The molecule has 0 radical (unpaired) electrons. The van der Waals surface area contributed by atoms with Crippen LogP contribution in [-0.4, -0.2) is 16.8 Å². The van der Waals surface area contributed by atoms with Crippen molar-refractivity contribution < 1.29 is 9.21 Å². The van der Waals surface area contributed by atoms with Crippen LogP contribution in [0.3, 0.4) is 0 Å². The van der Waals surface area contributed by atoms with E-state index in [9.17, 15) is 4.79 Å². The zero-order valence-corrected chi connectivity index (χ0v) is 10.2. The van der Waals surface area contributed by atoms with E-state index >= 15 is 0 Å². The lowest BCUT2D eigenvalue weighted by molar-refractivity contribution is 0.0994. The second-order valence-electron chi connectivity index (χ2n) is 3.93. The third-order valence-electron chi connectivity index (χ3n) is 2.25. The van der Waals surface area contributed by atoms with E-state index in [2.05, 4.69) is 13.8 Å². The minimum absolute atomic E-state index is 0.0647. The Hall–Kier alpha value is -1.22. The van der Waals surface area contributed by atoms with Gasteiger partial charge in [-0.05, 0) is 17.4 Å². The molecule has 0 saturated carbocycles. The van der Waals surface area contributed by atoms with Crippen LogP contribution in [0.1, 0.15) is 24.4 Å². The molecule has 16 heavy (non-hydrogen) atoms. The number of benzene rings is 1. The first-order valence-electron chi connectivity index (χ1n) is 5.30. The number of rotatable bonds is 4. The van der Waals surface area contributed by atoms with Gasteiger partial charge in [0.05, 0.1) is 5.75 Å². The third-order valence-corrected chi connectivity index (χ3v) is 3.34. The summed E-state index contributed by atoms with van der Waals surface area (Å²) in [5.41, 5.74) is 0.778. The molecule has 1 heterocycles. The quantitative estimate of drug-likeness (QED) is 0.754. The molecule has 1 aromatic heterocycles. The van der Waals surface area contributed by atoms with E-state index < -0.39 is 0 Å². The number of carbonyl (C=O) groups excluding carboxylic acids is 1. The molecular weight excluding hydrogens is 220 g/mol. The highest BCUT2D eigenvalue weighted by atomic mass is 32.2. The smallest absolute Gasteiger partial charge is 0.207 e. The monoisotopic (exact) mass is 234 g/mol. The summed E-state index contributed by atoms with van der Waals surface area (Å²) in [4.78, 5) is 11.8. The second kappa shape index (κ2) is 4.74. The standard InChI is InChI=1S/C13H14O2S/c1-9(2)16-8-11(14)13-7-10-5-3-4-6-12(10)15-13/h3-7,9H,8H2,1-2H3. The Bertz CT molecular complexity index is 466. The van der Waals surface area contributed by atoms with Gasteiger partial charge < -0.3 is 4.42 Å². The van der Waals surface area contributed by atoms with E-state index in [1.165, 1.54) is 0 Å². The van der Waals surface area contributed by atoms with Crippen molar-refractivity contribution in [3.05, 3.63) is 36.1 Å². The van der Waals surface area contributed by atoms with E-state index in [0.717, 1.165) is 11.0 Å². The Kier molecular flexibility index (Phi) is 3.34. The predicted octanol–water partition coefficient (Wildman–Crippen LogP) is 3.76. The summed E-state index contributed by atoms with van der Waals surface area (Å²) in [6.45, 7) is 4.16. The van der Waals surface area contributed by atoms with Crippen molar-refractivity contribution in [1.29, 1.82) is 0 Å². The summed E-state index contributed by atoms with van der Waals surface area (Å²) >= 11 is 1.63. The lowest BCUT2D eigenvalue weighted by atomic mass is 10.2. The number of Topliss-reactive ketones (excluding diaryl/α,β-unsaturated/α-hetero) is 1. The van der Waals surface area contributed by atoms with Crippen molar-refractivity contribution in [2.75, 3.05) is 5.75 Å². The fourth-order valence-electron chi connectivity index (χ4n) is 1.43. The average molecular weight is 234 g/mol. The van der Waals surface area contributed by atoms with Gasteiger partial charge in [0, 0.05) is 5.39 Å². The zero-order chi connectivity index (χ0) is 11.5. The molecule has 2 aromatic rings. The normalized spacial score (nSPS) is 11.2. The molecule has 0 bridgehead atoms. The molecule has 0 aliphatic carbocycles. The minimum Gasteiger partial charge on any atom is -0.453 e. The largest absolute Gasteiger partial charge is 0.453 e. The fourth-order valence-corrected chi connectivity index (χ4v) is 2.06. The van der Waals surface area contributed by atoms with Crippen LogP contribution in [0.2, 0.25) is 0 Å². The van der Waals surface area contributed by atoms with Gasteiger partial charge in [-0.25, -0.2) is 0 Å². The third kappa shape index (κ3) is 2.47. The fraction of sp³-hybridized carbons (Fsp3) is 0.308. The maximum absolute atomic E-state index is 11.8. The molecule has 0 saturated heterocycles. The SMILES string of the molecule is CC(C)SCC(=O)c1cc2ccccc2o1. The van der Waals surface area contributed by atoms with Crippen molar-refractivity contribution in [3.63, 3.8) is 0 Å². The van der Waals surface area contributed by atoms with Gasteiger partial charge in [0.1, 0.15) is 5.58 Å². The molecule has 0 fully saturated rings. The highest BCUT2D eigenvalue weighted by Crippen LogP contribution is 2.20. The van der Waals surface area contributed by atoms with Crippen molar-refractivity contribution in [3.8, 4) is 0 Å². The Balaban J connectivity index is 2.17. The van der Waals surface area contributed by atoms with Gasteiger partial charge in [-0.15, -0.1) is 0 Å². The maximum Gasteiger partial charge on any atom is 0.207 e. The molecule has 0 amide bonds. The first-order chi connectivity index (χ1) is 7.66. The summed E-state index contributed by atoms with van der Waals surface area (Å²) < 4.78 is 5.50. The second-order valence-corrected chi connectivity index (χ2v) is 5.50. The summed E-state index contributed by atoms with van der Waals surface area (Å²) in [5.74, 6) is 1.02. The Labute approximate surface area is 99.0 Å². The van der Waals surface area contributed by atoms with E-state index in [0.29, 0.717) is 16.8 Å². The maximum atomic E-state index is 11.8. The summed E-state index contributed by atoms with van der Waals surface area (Å²) in [5, 5.41) is 1.45. The first-order valence-corrected chi connectivity index (χ1v) is 6.35. The van der Waals surface area contributed by atoms with E-state index in [4.69, 9.17) is 4.42 Å². The molecule has 0 aliphatic rings. The van der Waals surface area contributed by atoms with Crippen LogP contribution in [0.15, 0.2) is 34.7 Å². The lowest BCUT2D eigenvalue weighted by Crippen LogP contribution is -2.03. The van der Waals surface area contributed by atoms with Crippen LogP contribution in [0.4, 0.5) is 0 Å². The number of furan rings is 1. The number of carbonyl (C=O) groups is 1. The lowest BCUT2D eigenvalue weighted by Gasteiger charge is -2.01. The molecule has 84 valence electrons. The number of hydrogen-bond donors (Lipinski definition) is 0. The Morgan fingerprint density at radius 2 is 2.12 bits per heavy atom. The topological polar surface area (TPSA) is 30.2 Å². The number of hydrogen-bond acceptors (Lipinski definition) is 3. The van der Waals surface area contributed by atoms with Crippen LogP contribution in [0.5, 0.6) is 0 Å². The van der Waals surface area contributed by atoms with E-state index in [1.54, 1.807) is 11.8 Å². The molecular formula is C13H14O2S. The number of fused-ring (bicyclic) bond motifs is 1. The van der Waals surface area contributed by atoms with E-state index in [-0.39, 0.29) is 5.78 Å². The van der Waals surface area contributed by atoms with Gasteiger partial charge >= 0.3 is 0 Å². The molecule has 0 N–H and O–H groups in total. The van der Waals surface area contributed by atoms with Gasteiger partial charge in [-0.1, -0.05) is 32.0 Å². The number of thioether (sulfide) groups is 1. The molecule has 0 unspecified atom stereocenters. The molecule has 0 spiro atoms.